The smallest absolute Gasteiger partial charge is 0.459 e. The van der Waals surface area contributed by atoms with Crippen molar-refractivity contribution in [1.29, 1.82) is 5.26 Å². The van der Waals surface area contributed by atoms with E-state index in [0.717, 1.165) is 41.7 Å². The van der Waals surface area contributed by atoms with Crippen molar-refractivity contribution in [2.24, 2.45) is 5.41 Å². The van der Waals surface area contributed by atoms with E-state index in [0.29, 0.717) is 25.2 Å². The second kappa shape index (κ2) is 12.1. The molecule has 16 heteroatoms. The standard InChI is InChI=1S/C33H31ClF5N7O2S/c1-16(22-5-3-9-44(22)2)48-31-42-26-18(29(43-31)45-10-4-8-32(13-45)14-46(15-32)30(47)33(37,38)39)11-20(34)24(25(26)36)17-6-7-21(35)27-23(17)19(12-40)28(41)49-27/h6-7,11,16,22H,3-5,8-10,13-15,41H2,1-2H3/t16-,22?/m0/s1. The third kappa shape index (κ3) is 5.67. The number of likely N-dealkylation sites (tertiary alicyclic amines) is 2. The number of aromatic nitrogens is 2. The molecule has 2 aromatic carbocycles. The van der Waals surface area contributed by atoms with E-state index in [4.69, 9.17) is 27.1 Å². The SMILES string of the molecule is C[C@H](Oc1nc(N2CCCC3(CN(C(=O)C(F)(F)F)C3)C2)c2cc(Cl)c(-c3ccc(F)c4sc(N)c(C#N)c34)c(F)c2n1)C1CCCN1C. The maximum atomic E-state index is 17.0. The molecule has 1 unspecified atom stereocenters. The Labute approximate surface area is 287 Å². The molecule has 49 heavy (non-hydrogen) atoms. The van der Waals surface area contributed by atoms with Crippen LogP contribution in [-0.4, -0.2) is 83.8 Å². The highest BCUT2D eigenvalue weighted by Crippen LogP contribution is 2.47. The van der Waals surface area contributed by atoms with Crippen LogP contribution in [0.25, 0.3) is 32.1 Å². The molecule has 1 spiro atoms. The number of nitrogen functional groups attached to an aromatic ring is 1. The van der Waals surface area contributed by atoms with Gasteiger partial charge in [-0.3, -0.25) is 9.69 Å². The average molecular weight is 720 g/mol. The van der Waals surface area contributed by atoms with Gasteiger partial charge in [-0.15, -0.1) is 11.3 Å². The number of carbonyl (C=O) groups excluding carboxylic acids is 1. The Morgan fingerprint density at radius 2 is 1.96 bits per heavy atom. The number of hydrogen-bond acceptors (Lipinski definition) is 9. The Bertz CT molecular complexity index is 2040. The van der Waals surface area contributed by atoms with Gasteiger partial charge in [-0.1, -0.05) is 17.7 Å². The molecule has 4 aromatic rings. The molecule has 2 aromatic heterocycles. The molecule has 3 aliphatic rings. The van der Waals surface area contributed by atoms with Gasteiger partial charge < -0.3 is 20.3 Å². The van der Waals surface area contributed by atoms with E-state index in [9.17, 15) is 27.6 Å². The quantitative estimate of drug-likeness (QED) is 0.226. The number of amides is 1. The number of halogens is 6. The monoisotopic (exact) mass is 719 g/mol. The van der Waals surface area contributed by atoms with Crippen LogP contribution in [0.3, 0.4) is 0 Å². The second-order valence-corrected chi connectivity index (χ2v) is 14.7. The number of nitrogens with zero attached hydrogens (tertiary/aromatic N) is 6. The number of carbonyl (C=O) groups is 1. The van der Waals surface area contributed by atoms with Crippen LogP contribution in [0.2, 0.25) is 5.02 Å². The maximum absolute atomic E-state index is 17.0. The van der Waals surface area contributed by atoms with Gasteiger partial charge in [0.25, 0.3) is 0 Å². The highest BCUT2D eigenvalue weighted by molar-refractivity contribution is 7.23. The molecule has 2 atom stereocenters. The van der Waals surface area contributed by atoms with Crippen molar-refractivity contribution in [1.82, 2.24) is 19.8 Å². The van der Waals surface area contributed by atoms with Gasteiger partial charge in [-0.05, 0) is 63.9 Å². The Kier molecular flexibility index (Phi) is 8.27. The molecule has 1 amide bonds. The summed E-state index contributed by atoms with van der Waals surface area (Å²) in [7, 11) is 1.99. The average Bonchev–Trinajstić information content (AvgIpc) is 3.62. The van der Waals surface area contributed by atoms with Crippen molar-refractivity contribution in [2.75, 3.05) is 50.4 Å². The molecule has 3 fully saturated rings. The van der Waals surface area contributed by atoms with Crippen LogP contribution in [0.5, 0.6) is 6.01 Å². The molecule has 3 aliphatic heterocycles. The molecule has 0 radical (unpaired) electrons. The molecular formula is C33H31ClF5N7O2S. The fourth-order valence-corrected chi connectivity index (χ4v) is 8.96. The normalized spacial score (nSPS) is 20.2. The van der Waals surface area contributed by atoms with Crippen LogP contribution in [0.1, 0.15) is 38.2 Å². The predicted molar refractivity (Wildman–Crippen MR) is 177 cm³/mol. The van der Waals surface area contributed by atoms with Crippen molar-refractivity contribution < 1.29 is 31.5 Å². The molecule has 3 saturated heterocycles. The summed E-state index contributed by atoms with van der Waals surface area (Å²) in [5, 5.41) is 10.3. The van der Waals surface area contributed by atoms with Gasteiger partial charge in [0.1, 0.15) is 34.3 Å². The van der Waals surface area contributed by atoms with Crippen molar-refractivity contribution >= 4 is 60.7 Å². The number of alkyl halides is 3. The number of nitrogens with two attached hydrogens (primary N) is 1. The van der Waals surface area contributed by atoms with E-state index in [-0.39, 0.29) is 85.5 Å². The number of piperidine rings is 1. The summed E-state index contributed by atoms with van der Waals surface area (Å²) in [6.45, 7) is 3.38. The summed E-state index contributed by atoms with van der Waals surface area (Å²) >= 11 is 7.69. The molecule has 7 rings (SSSR count). The van der Waals surface area contributed by atoms with Crippen LogP contribution >= 0.6 is 22.9 Å². The third-order valence-electron chi connectivity index (χ3n) is 9.99. The minimum absolute atomic E-state index is 0.00383. The number of thiophene rings is 1. The summed E-state index contributed by atoms with van der Waals surface area (Å²) < 4.78 is 77.6. The number of anilines is 2. The summed E-state index contributed by atoms with van der Waals surface area (Å²) in [5.41, 5.74) is 5.36. The summed E-state index contributed by atoms with van der Waals surface area (Å²) in [6, 6.07) is 5.97. The van der Waals surface area contributed by atoms with Gasteiger partial charge in [0.15, 0.2) is 5.82 Å². The first-order valence-corrected chi connectivity index (χ1v) is 17.0. The number of benzene rings is 2. The van der Waals surface area contributed by atoms with E-state index in [1.54, 1.807) is 0 Å². The lowest BCUT2D eigenvalue weighted by molar-refractivity contribution is -0.196. The summed E-state index contributed by atoms with van der Waals surface area (Å²) in [5.74, 6) is -3.04. The van der Waals surface area contributed by atoms with Crippen LogP contribution in [-0.2, 0) is 4.79 Å². The maximum Gasteiger partial charge on any atom is 0.471 e. The summed E-state index contributed by atoms with van der Waals surface area (Å²) in [6.07, 6.45) is -2.25. The molecule has 2 N–H and O–H groups in total. The number of hydrogen-bond donors (Lipinski definition) is 1. The zero-order valence-corrected chi connectivity index (χ0v) is 28.1. The zero-order valence-electron chi connectivity index (χ0n) is 26.5. The minimum Gasteiger partial charge on any atom is -0.459 e. The topological polar surface area (TPSA) is 112 Å². The van der Waals surface area contributed by atoms with E-state index < -0.39 is 29.1 Å². The highest BCUT2D eigenvalue weighted by atomic mass is 35.5. The Balaban J connectivity index is 1.35. The van der Waals surface area contributed by atoms with Crippen LogP contribution < -0.4 is 15.4 Å². The summed E-state index contributed by atoms with van der Waals surface area (Å²) in [4.78, 5) is 26.0. The predicted octanol–water partition coefficient (Wildman–Crippen LogP) is 6.75. The molecule has 0 aliphatic carbocycles. The lowest BCUT2D eigenvalue weighted by Crippen LogP contribution is -2.66. The lowest BCUT2D eigenvalue weighted by Gasteiger charge is -2.54. The van der Waals surface area contributed by atoms with E-state index in [1.807, 2.05) is 24.9 Å². The number of rotatable bonds is 5. The van der Waals surface area contributed by atoms with Crippen molar-refractivity contribution in [3.63, 3.8) is 0 Å². The van der Waals surface area contributed by atoms with Gasteiger partial charge in [-0.2, -0.15) is 28.4 Å². The molecule has 0 bridgehead atoms. The van der Waals surface area contributed by atoms with E-state index in [2.05, 4.69) is 9.88 Å². The van der Waals surface area contributed by atoms with Gasteiger partial charge in [0.05, 0.1) is 15.3 Å². The molecule has 258 valence electrons. The fraction of sp³-hybridized carbons (Fsp3) is 0.455. The van der Waals surface area contributed by atoms with Crippen LogP contribution in [0, 0.1) is 28.4 Å². The van der Waals surface area contributed by atoms with Gasteiger partial charge in [-0.25, -0.2) is 8.78 Å². The number of fused-ring (bicyclic) bond motifs is 2. The van der Waals surface area contributed by atoms with E-state index in [1.165, 1.54) is 12.1 Å². The van der Waals surface area contributed by atoms with Crippen molar-refractivity contribution in [3.05, 3.63) is 40.4 Å². The first-order valence-electron chi connectivity index (χ1n) is 15.8. The first kappa shape index (κ1) is 33.5. The van der Waals surface area contributed by atoms with Gasteiger partial charge in [0.2, 0.25) is 0 Å². The highest BCUT2D eigenvalue weighted by Gasteiger charge is 2.54. The molecule has 5 heterocycles. The largest absolute Gasteiger partial charge is 0.471 e. The molecular weight excluding hydrogens is 689 g/mol. The third-order valence-corrected chi connectivity index (χ3v) is 11.3. The fourth-order valence-electron chi connectivity index (χ4n) is 7.72. The minimum atomic E-state index is -4.96. The van der Waals surface area contributed by atoms with Gasteiger partial charge in [0, 0.05) is 54.0 Å². The number of nitriles is 1. The Morgan fingerprint density at radius 3 is 2.63 bits per heavy atom. The Morgan fingerprint density at radius 1 is 1.20 bits per heavy atom. The van der Waals surface area contributed by atoms with Crippen LogP contribution in [0.15, 0.2) is 18.2 Å². The van der Waals surface area contributed by atoms with Crippen LogP contribution in [0.4, 0.5) is 32.8 Å². The van der Waals surface area contributed by atoms with Crippen molar-refractivity contribution in [2.45, 2.75) is 50.9 Å². The molecule has 9 nitrogen and oxygen atoms in total. The van der Waals surface area contributed by atoms with Crippen molar-refractivity contribution in [3.8, 4) is 23.2 Å². The van der Waals surface area contributed by atoms with Gasteiger partial charge >= 0.3 is 18.1 Å². The second-order valence-electron chi connectivity index (χ2n) is 13.2. The van der Waals surface area contributed by atoms with E-state index >= 15 is 4.39 Å². The Hall–Kier alpha value is -4.00. The molecule has 0 saturated carbocycles. The lowest BCUT2D eigenvalue weighted by atomic mass is 9.73. The number of ether oxygens (including phenoxy) is 1. The first-order chi connectivity index (χ1) is 23.2. The zero-order chi connectivity index (χ0) is 35.0. The number of likely N-dealkylation sites (N-methyl/N-ethyl adjacent to an activating group) is 1.